The zero-order valence-corrected chi connectivity index (χ0v) is 10.1. The average Bonchev–Trinajstić information content (AvgIpc) is 2.19. The maximum absolute atomic E-state index is 5.55. The zero-order valence-electron chi connectivity index (χ0n) is 9.26. The molecule has 0 spiro atoms. The second-order valence-electron chi connectivity index (χ2n) is 3.97. The molecule has 0 bridgehead atoms. The number of piperidine rings is 1. The summed E-state index contributed by atoms with van der Waals surface area (Å²) in [5, 5.41) is 3.43. The minimum atomic E-state index is 0. The summed E-state index contributed by atoms with van der Waals surface area (Å²) in [6.07, 6.45) is 6.44. The van der Waals surface area contributed by atoms with E-state index in [9.17, 15) is 0 Å². The predicted molar refractivity (Wildman–Crippen MR) is 63.2 cm³/mol. The Hall–Kier alpha value is 0.210. The summed E-state index contributed by atoms with van der Waals surface area (Å²) >= 11 is 0. The van der Waals surface area contributed by atoms with Crippen molar-refractivity contribution in [2.24, 2.45) is 5.92 Å². The first kappa shape index (κ1) is 14.2. The molecule has 1 rings (SSSR count). The Morgan fingerprint density at radius 2 is 2.21 bits per heavy atom. The van der Waals surface area contributed by atoms with Crippen LogP contribution in [0.25, 0.3) is 0 Å². The molecule has 0 aromatic heterocycles. The molecule has 1 unspecified atom stereocenters. The van der Waals surface area contributed by atoms with E-state index in [4.69, 9.17) is 4.74 Å². The van der Waals surface area contributed by atoms with Gasteiger partial charge in [-0.05, 0) is 44.7 Å². The first-order valence-electron chi connectivity index (χ1n) is 5.72. The summed E-state index contributed by atoms with van der Waals surface area (Å²) in [7, 11) is 0. The highest BCUT2D eigenvalue weighted by molar-refractivity contribution is 5.85. The van der Waals surface area contributed by atoms with E-state index in [0.717, 1.165) is 19.1 Å². The fourth-order valence-corrected chi connectivity index (χ4v) is 1.77. The quantitative estimate of drug-likeness (QED) is 0.697. The van der Waals surface area contributed by atoms with Gasteiger partial charge >= 0.3 is 0 Å². The molecule has 14 heavy (non-hydrogen) atoms. The van der Waals surface area contributed by atoms with Crippen LogP contribution in [0.1, 0.15) is 39.0 Å². The van der Waals surface area contributed by atoms with Crippen LogP contribution in [-0.4, -0.2) is 26.3 Å². The van der Waals surface area contributed by atoms with Gasteiger partial charge in [0.15, 0.2) is 0 Å². The third-order valence-corrected chi connectivity index (χ3v) is 2.71. The molecule has 0 aliphatic carbocycles. The van der Waals surface area contributed by atoms with Crippen molar-refractivity contribution in [3.05, 3.63) is 0 Å². The highest BCUT2D eigenvalue weighted by Gasteiger charge is 2.11. The van der Waals surface area contributed by atoms with Crippen molar-refractivity contribution in [1.29, 1.82) is 0 Å². The van der Waals surface area contributed by atoms with Crippen molar-refractivity contribution >= 4 is 12.4 Å². The lowest BCUT2D eigenvalue weighted by Gasteiger charge is -2.22. The molecule has 1 aliphatic heterocycles. The Labute approximate surface area is 94.2 Å². The number of unbranched alkanes of at least 4 members (excludes halogenated alkanes) is 1. The van der Waals surface area contributed by atoms with Gasteiger partial charge < -0.3 is 10.1 Å². The molecule has 0 radical (unpaired) electrons. The lowest BCUT2D eigenvalue weighted by Crippen LogP contribution is -2.30. The molecule has 0 saturated carbocycles. The van der Waals surface area contributed by atoms with E-state index < -0.39 is 0 Å². The average molecular weight is 222 g/mol. The van der Waals surface area contributed by atoms with Crippen LogP contribution in [0.15, 0.2) is 0 Å². The van der Waals surface area contributed by atoms with E-state index in [2.05, 4.69) is 12.2 Å². The normalized spacial score (nSPS) is 21.6. The van der Waals surface area contributed by atoms with Crippen LogP contribution < -0.4 is 5.32 Å². The summed E-state index contributed by atoms with van der Waals surface area (Å²) in [4.78, 5) is 0. The number of ether oxygens (including phenoxy) is 1. The molecule has 1 saturated heterocycles. The van der Waals surface area contributed by atoms with Crippen molar-refractivity contribution in [2.45, 2.75) is 39.0 Å². The molecular weight excluding hydrogens is 198 g/mol. The molecule has 1 N–H and O–H groups in total. The number of rotatable bonds is 6. The smallest absolute Gasteiger partial charge is 0.0469 e. The number of halogens is 1. The molecule has 0 aromatic rings. The van der Waals surface area contributed by atoms with E-state index in [-0.39, 0.29) is 12.4 Å². The van der Waals surface area contributed by atoms with Gasteiger partial charge in [0.2, 0.25) is 0 Å². The molecular formula is C11H24ClNO. The summed E-state index contributed by atoms with van der Waals surface area (Å²) in [5.74, 6) is 0.871. The largest absolute Gasteiger partial charge is 0.381 e. The first-order valence-corrected chi connectivity index (χ1v) is 5.72. The molecule has 1 aliphatic rings. The Balaban J connectivity index is 0.00000169. The first-order chi connectivity index (χ1) is 6.43. The van der Waals surface area contributed by atoms with Crippen LogP contribution >= 0.6 is 12.4 Å². The summed E-state index contributed by atoms with van der Waals surface area (Å²) in [5.41, 5.74) is 0. The molecule has 3 heteroatoms. The summed E-state index contributed by atoms with van der Waals surface area (Å²) < 4.78 is 5.55. The molecule has 1 atom stereocenters. The van der Waals surface area contributed by atoms with Gasteiger partial charge in [0.1, 0.15) is 0 Å². The van der Waals surface area contributed by atoms with E-state index in [1.165, 1.54) is 45.2 Å². The van der Waals surface area contributed by atoms with Gasteiger partial charge in [-0.3, -0.25) is 0 Å². The maximum Gasteiger partial charge on any atom is 0.0469 e. The van der Waals surface area contributed by atoms with E-state index in [0.29, 0.717) is 0 Å². The van der Waals surface area contributed by atoms with Gasteiger partial charge in [-0.25, -0.2) is 0 Å². The van der Waals surface area contributed by atoms with Crippen molar-refractivity contribution in [2.75, 3.05) is 26.3 Å². The second-order valence-corrected chi connectivity index (χ2v) is 3.97. The monoisotopic (exact) mass is 221 g/mol. The Morgan fingerprint density at radius 3 is 2.86 bits per heavy atom. The number of nitrogens with one attached hydrogen (secondary N) is 1. The number of hydrogen-bond acceptors (Lipinski definition) is 2. The lowest BCUT2D eigenvalue weighted by atomic mass is 9.97. The van der Waals surface area contributed by atoms with Gasteiger partial charge in [-0.2, -0.15) is 0 Å². The predicted octanol–water partition coefficient (Wildman–Crippen LogP) is 2.61. The molecule has 2 nitrogen and oxygen atoms in total. The fourth-order valence-electron chi connectivity index (χ4n) is 1.77. The van der Waals surface area contributed by atoms with Gasteiger partial charge in [0.05, 0.1) is 0 Å². The highest BCUT2D eigenvalue weighted by Crippen LogP contribution is 2.13. The summed E-state index contributed by atoms with van der Waals surface area (Å²) in [6, 6.07) is 0. The van der Waals surface area contributed by atoms with Crippen LogP contribution in [0.3, 0.4) is 0 Å². The maximum atomic E-state index is 5.55. The zero-order chi connectivity index (χ0) is 9.36. The van der Waals surface area contributed by atoms with Gasteiger partial charge in [-0.1, -0.05) is 13.3 Å². The van der Waals surface area contributed by atoms with E-state index >= 15 is 0 Å². The molecule has 86 valence electrons. The SMILES string of the molecule is CCCCOCCC1CCCNC1.Cl. The van der Waals surface area contributed by atoms with Crippen molar-refractivity contribution in [3.8, 4) is 0 Å². The van der Waals surface area contributed by atoms with Crippen molar-refractivity contribution < 1.29 is 4.74 Å². The topological polar surface area (TPSA) is 21.3 Å². The summed E-state index contributed by atoms with van der Waals surface area (Å²) in [6.45, 7) is 6.54. The molecule has 1 heterocycles. The third kappa shape index (κ3) is 6.63. The van der Waals surface area contributed by atoms with Crippen LogP contribution in [0.4, 0.5) is 0 Å². The standard InChI is InChI=1S/C11H23NO.ClH/c1-2-3-8-13-9-6-11-5-4-7-12-10-11;/h11-12H,2-10H2,1H3;1H. The van der Waals surface area contributed by atoms with Crippen LogP contribution in [0.5, 0.6) is 0 Å². The Bertz CT molecular complexity index is 116. The minimum Gasteiger partial charge on any atom is -0.381 e. The minimum absolute atomic E-state index is 0. The van der Waals surface area contributed by atoms with E-state index in [1.807, 2.05) is 0 Å². The van der Waals surface area contributed by atoms with Gasteiger partial charge in [0.25, 0.3) is 0 Å². The van der Waals surface area contributed by atoms with Crippen LogP contribution in [-0.2, 0) is 4.74 Å². The third-order valence-electron chi connectivity index (χ3n) is 2.71. The van der Waals surface area contributed by atoms with Crippen molar-refractivity contribution in [3.63, 3.8) is 0 Å². The van der Waals surface area contributed by atoms with Crippen LogP contribution in [0, 0.1) is 5.92 Å². The second kappa shape index (κ2) is 9.75. The highest BCUT2D eigenvalue weighted by atomic mass is 35.5. The molecule has 0 amide bonds. The molecule has 1 fully saturated rings. The fraction of sp³-hybridized carbons (Fsp3) is 1.00. The van der Waals surface area contributed by atoms with Crippen molar-refractivity contribution in [1.82, 2.24) is 5.32 Å². The Morgan fingerprint density at radius 1 is 1.36 bits per heavy atom. The molecule has 0 aromatic carbocycles. The lowest BCUT2D eigenvalue weighted by molar-refractivity contribution is 0.113. The van der Waals surface area contributed by atoms with Crippen LogP contribution in [0.2, 0.25) is 0 Å². The van der Waals surface area contributed by atoms with Gasteiger partial charge in [-0.15, -0.1) is 12.4 Å². The number of hydrogen-bond donors (Lipinski definition) is 1. The van der Waals surface area contributed by atoms with Gasteiger partial charge in [0, 0.05) is 13.2 Å². The Kier molecular flexibility index (Phi) is 9.90. The van der Waals surface area contributed by atoms with E-state index in [1.54, 1.807) is 0 Å².